The second-order valence-corrected chi connectivity index (χ2v) is 4.95. The Labute approximate surface area is 130 Å². The Bertz CT molecular complexity index is 980. The first kappa shape index (κ1) is 14.7. The van der Waals surface area contributed by atoms with Crippen molar-refractivity contribution in [2.45, 2.75) is 0 Å². The Morgan fingerprint density at radius 2 is 1.91 bits per heavy atom. The summed E-state index contributed by atoms with van der Waals surface area (Å²) in [5, 5.41) is 9.76. The Morgan fingerprint density at radius 3 is 2.65 bits per heavy atom. The number of halogens is 2. The molecule has 112 valence electrons. The second-order valence-electron chi connectivity index (χ2n) is 4.95. The van der Waals surface area contributed by atoms with Crippen LogP contribution in [-0.2, 0) is 0 Å². The largest absolute Gasteiger partial charge is 0.360 e. The number of hydrogen-bond acceptors (Lipinski definition) is 2. The highest BCUT2D eigenvalue weighted by Gasteiger charge is 2.17. The molecular weight excluding hydrogens is 298 g/mol. The van der Waals surface area contributed by atoms with Crippen molar-refractivity contribution in [1.29, 1.82) is 5.26 Å². The Kier molecular flexibility index (Phi) is 3.73. The summed E-state index contributed by atoms with van der Waals surface area (Å²) >= 11 is 0. The number of nitrogens with one attached hydrogen (secondary N) is 1. The maximum Gasteiger partial charge on any atom is 0.205 e. The van der Waals surface area contributed by atoms with Gasteiger partial charge in [0.25, 0.3) is 0 Å². The predicted molar refractivity (Wildman–Crippen MR) is 82.6 cm³/mol. The van der Waals surface area contributed by atoms with Crippen LogP contribution in [0.25, 0.3) is 17.0 Å². The molecule has 0 aliphatic heterocycles. The molecule has 0 amide bonds. The molecule has 5 heteroatoms. The minimum absolute atomic E-state index is 0.124. The summed E-state index contributed by atoms with van der Waals surface area (Å²) in [4.78, 5) is 15.3. The van der Waals surface area contributed by atoms with Gasteiger partial charge in [0.1, 0.15) is 23.3 Å². The van der Waals surface area contributed by atoms with E-state index in [1.165, 1.54) is 48.7 Å². The summed E-state index contributed by atoms with van der Waals surface area (Å²) in [5.74, 6) is -1.38. The van der Waals surface area contributed by atoms with Crippen molar-refractivity contribution in [3.05, 3.63) is 77.0 Å². The van der Waals surface area contributed by atoms with Crippen LogP contribution in [-0.4, -0.2) is 10.8 Å². The molecule has 0 unspecified atom stereocenters. The zero-order chi connectivity index (χ0) is 16.4. The number of rotatable bonds is 3. The number of nitriles is 1. The molecule has 3 nitrogen and oxygen atoms in total. The summed E-state index contributed by atoms with van der Waals surface area (Å²) in [6, 6.07) is 11.4. The fourth-order valence-corrected chi connectivity index (χ4v) is 2.34. The quantitative estimate of drug-likeness (QED) is 0.447. The van der Waals surface area contributed by atoms with Crippen molar-refractivity contribution < 1.29 is 13.6 Å². The number of Topliss-reactive ketones (excluding diaryl/α,β-unsaturated/α-hetero) is 1. The van der Waals surface area contributed by atoms with Gasteiger partial charge < -0.3 is 4.98 Å². The van der Waals surface area contributed by atoms with Crippen LogP contribution in [0.1, 0.15) is 15.9 Å². The average Bonchev–Trinajstić information content (AvgIpc) is 2.95. The number of carbonyl (C=O) groups is 1. The van der Waals surface area contributed by atoms with Gasteiger partial charge in [-0.2, -0.15) is 5.26 Å². The Hall–Kier alpha value is -3.26. The van der Waals surface area contributed by atoms with Gasteiger partial charge in [-0.1, -0.05) is 12.1 Å². The lowest BCUT2D eigenvalue weighted by Gasteiger charge is -1.99. The summed E-state index contributed by atoms with van der Waals surface area (Å²) in [5.41, 5.74) is 1.03. The number of carbonyl (C=O) groups excluding carboxylic acids is 1. The highest BCUT2D eigenvalue weighted by Crippen LogP contribution is 2.22. The number of fused-ring (bicyclic) bond motifs is 1. The van der Waals surface area contributed by atoms with Crippen LogP contribution in [0.2, 0.25) is 0 Å². The molecule has 0 fully saturated rings. The molecule has 0 spiro atoms. The zero-order valence-electron chi connectivity index (χ0n) is 11.8. The molecule has 0 saturated carbocycles. The van der Waals surface area contributed by atoms with Gasteiger partial charge in [-0.05, 0) is 42.0 Å². The van der Waals surface area contributed by atoms with Gasteiger partial charge in [0.2, 0.25) is 5.78 Å². The topological polar surface area (TPSA) is 56.6 Å². The lowest BCUT2D eigenvalue weighted by molar-refractivity contribution is 0.104. The van der Waals surface area contributed by atoms with E-state index in [4.69, 9.17) is 0 Å². The fourth-order valence-electron chi connectivity index (χ4n) is 2.34. The molecule has 0 atom stereocenters. The van der Waals surface area contributed by atoms with Crippen molar-refractivity contribution in [3.63, 3.8) is 0 Å². The molecule has 2 aromatic carbocycles. The molecule has 3 aromatic rings. The van der Waals surface area contributed by atoms with Crippen LogP contribution in [0, 0.1) is 23.0 Å². The molecule has 23 heavy (non-hydrogen) atoms. The standard InChI is InChI=1S/C18H10F2N2O/c19-13-3-1-2-11(7-13)6-12(9-21)18(23)16-10-22-17-8-14(20)4-5-15(16)17/h1-8,10,22H. The van der Waals surface area contributed by atoms with Crippen LogP contribution >= 0.6 is 0 Å². The van der Waals surface area contributed by atoms with Gasteiger partial charge in [-0.3, -0.25) is 4.79 Å². The monoisotopic (exact) mass is 308 g/mol. The van der Waals surface area contributed by atoms with Gasteiger partial charge in [-0.15, -0.1) is 0 Å². The van der Waals surface area contributed by atoms with Gasteiger partial charge in [0.05, 0.1) is 0 Å². The van der Waals surface area contributed by atoms with E-state index in [0.29, 0.717) is 16.5 Å². The number of aromatic amines is 1. The van der Waals surface area contributed by atoms with Crippen LogP contribution in [0.3, 0.4) is 0 Å². The number of benzene rings is 2. The van der Waals surface area contributed by atoms with Gasteiger partial charge in [0.15, 0.2) is 0 Å². The lowest BCUT2D eigenvalue weighted by atomic mass is 10.0. The van der Waals surface area contributed by atoms with Crippen molar-refractivity contribution in [1.82, 2.24) is 4.98 Å². The molecule has 0 aliphatic carbocycles. The minimum Gasteiger partial charge on any atom is -0.360 e. The number of H-pyrrole nitrogens is 1. The highest BCUT2D eigenvalue weighted by molar-refractivity contribution is 6.19. The van der Waals surface area contributed by atoms with E-state index >= 15 is 0 Å². The van der Waals surface area contributed by atoms with E-state index in [0.717, 1.165) is 0 Å². The van der Waals surface area contributed by atoms with E-state index in [-0.39, 0.29) is 11.1 Å². The van der Waals surface area contributed by atoms with E-state index in [1.54, 1.807) is 6.07 Å². The zero-order valence-corrected chi connectivity index (χ0v) is 11.8. The Balaban J connectivity index is 2.04. The van der Waals surface area contributed by atoms with Crippen LogP contribution in [0.15, 0.2) is 54.2 Å². The molecule has 0 radical (unpaired) electrons. The maximum atomic E-state index is 13.2. The highest BCUT2D eigenvalue weighted by atomic mass is 19.1. The Morgan fingerprint density at radius 1 is 1.13 bits per heavy atom. The van der Waals surface area contributed by atoms with Crippen LogP contribution in [0.5, 0.6) is 0 Å². The summed E-state index contributed by atoms with van der Waals surface area (Å²) < 4.78 is 26.4. The van der Waals surface area contributed by atoms with Crippen molar-refractivity contribution in [3.8, 4) is 6.07 Å². The number of aromatic nitrogens is 1. The SMILES string of the molecule is N#CC(=Cc1cccc(F)c1)C(=O)c1c[nH]c2cc(F)ccc12. The van der Waals surface area contributed by atoms with Gasteiger partial charge in [-0.25, -0.2) is 8.78 Å². The van der Waals surface area contributed by atoms with Gasteiger partial charge >= 0.3 is 0 Å². The fraction of sp³-hybridized carbons (Fsp3) is 0. The molecule has 1 heterocycles. The van der Waals surface area contributed by atoms with E-state index < -0.39 is 17.4 Å². The van der Waals surface area contributed by atoms with Crippen LogP contribution in [0.4, 0.5) is 8.78 Å². The molecule has 0 bridgehead atoms. The third kappa shape index (κ3) is 2.87. The molecular formula is C18H10F2N2O. The van der Waals surface area contributed by atoms with Crippen molar-refractivity contribution in [2.24, 2.45) is 0 Å². The predicted octanol–water partition coefficient (Wildman–Crippen LogP) is 4.24. The smallest absolute Gasteiger partial charge is 0.205 e. The molecule has 0 aliphatic rings. The van der Waals surface area contributed by atoms with E-state index in [1.807, 2.05) is 6.07 Å². The van der Waals surface area contributed by atoms with Gasteiger partial charge in [0, 0.05) is 22.7 Å². The third-order valence-corrected chi connectivity index (χ3v) is 3.41. The number of ketones is 1. The number of hydrogen-bond donors (Lipinski definition) is 1. The molecule has 1 aromatic heterocycles. The van der Waals surface area contributed by atoms with Crippen molar-refractivity contribution >= 4 is 22.8 Å². The minimum atomic E-state index is -0.505. The maximum absolute atomic E-state index is 13.2. The first-order chi connectivity index (χ1) is 11.1. The third-order valence-electron chi connectivity index (χ3n) is 3.41. The van der Waals surface area contributed by atoms with E-state index in [9.17, 15) is 18.8 Å². The summed E-state index contributed by atoms with van der Waals surface area (Å²) in [6.07, 6.45) is 2.76. The normalized spacial score (nSPS) is 11.4. The summed E-state index contributed by atoms with van der Waals surface area (Å²) in [7, 11) is 0. The first-order valence-corrected chi connectivity index (χ1v) is 6.77. The summed E-state index contributed by atoms with van der Waals surface area (Å²) in [6.45, 7) is 0. The number of nitrogens with zero attached hydrogens (tertiary/aromatic N) is 1. The van der Waals surface area contributed by atoms with Crippen molar-refractivity contribution in [2.75, 3.05) is 0 Å². The molecule has 0 saturated heterocycles. The van der Waals surface area contributed by atoms with Crippen LogP contribution < -0.4 is 0 Å². The first-order valence-electron chi connectivity index (χ1n) is 6.77. The lowest BCUT2D eigenvalue weighted by Crippen LogP contribution is -2.01. The van der Waals surface area contributed by atoms with E-state index in [2.05, 4.69) is 4.98 Å². The number of allylic oxidation sites excluding steroid dienone is 1. The second kappa shape index (κ2) is 5.85. The molecule has 1 N–H and O–H groups in total. The molecule has 3 rings (SSSR count). The average molecular weight is 308 g/mol.